The van der Waals surface area contributed by atoms with Crippen molar-refractivity contribution < 1.29 is 13.2 Å². The summed E-state index contributed by atoms with van der Waals surface area (Å²) in [6.45, 7) is -0.117. The standard InChI is InChI=1S/C11H10BrF3N2/c1-17(5-4-11(13,14)15)10-3-2-8(7-16)6-9(10)12/h2-3,6H,4-5H2,1H3. The number of nitriles is 1. The van der Waals surface area contributed by atoms with E-state index in [1.807, 2.05) is 6.07 Å². The lowest BCUT2D eigenvalue weighted by atomic mass is 10.2. The molecule has 0 fully saturated rings. The first-order chi connectivity index (χ1) is 7.83. The number of nitrogens with zero attached hydrogens (tertiary/aromatic N) is 2. The molecule has 1 aromatic carbocycles. The minimum atomic E-state index is -4.16. The topological polar surface area (TPSA) is 27.0 Å². The van der Waals surface area contributed by atoms with Gasteiger partial charge < -0.3 is 4.90 Å². The van der Waals surface area contributed by atoms with Gasteiger partial charge in [0.15, 0.2) is 0 Å². The highest BCUT2D eigenvalue weighted by atomic mass is 79.9. The molecular formula is C11H10BrF3N2. The molecule has 0 saturated heterocycles. The molecule has 1 aromatic rings. The SMILES string of the molecule is CN(CCC(F)(F)F)c1ccc(C#N)cc1Br. The van der Waals surface area contributed by atoms with Crippen LogP contribution in [0.1, 0.15) is 12.0 Å². The summed E-state index contributed by atoms with van der Waals surface area (Å²) in [7, 11) is 1.58. The number of benzene rings is 1. The third-order valence-electron chi connectivity index (χ3n) is 2.22. The Bertz CT molecular complexity index is 437. The van der Waals surface area contributed by atoms with Crippen molar-refractivity contribution in [2.24, 2.45) is 0 Å². The fourth-order valence-corrected chi connectivity index (χ4v) is 1.98. The van der Waals surface area contributed by atoms with E-state index in [2.05, 4.69) is 15.9 Å². The molecule has 17 heavy (non-hydrogen) atoms. The van der Waals surface area contributed by atoms with Crippen LogP contribution in [0.15, 0.2) is 22.7 Å². The average Bonchev–Trinajstić information content (AvgIpc) is 2.24. The molecule has 0 aliphatic carbocycles. The van der Waals surface area contributed by atoms with Crippen LogP contribution >= 0.6 is 15.9 Å². The fraction of sp³-hybridized carbons (Fsp3) is 0.364. The molecule has 0 atom stereocenters. The zero-order chi connectivity index (χ0) is 13.1. The van der Waals surface area contributed by atoms with Crippen LogP contribution in [0, 0.1) is 11.3 Å². The summed E-state index contributed by atoms with van der Waals surface area (Å²) >= 11 is 3.23. The maximum Gasteiger partial charge on any atom is 0.390 e. The normalized spacial score (nSPS) is 11.1. The van der Waals surface area contributed by atoms with Gasteiger partial charge in [0.05, 0.1) is 23.7 Å². The van der Waals surface area contributed by atoms with Crippen molar-refractivity contribution in [3.63, 3.8) is 0 Å². The second-order valence-corrected chi connectivity index (χ2v) is 4.42. The maximum atomic E-state index is 12.1. The summed E-state index contributed by atoms with van der Waals surface area (Å²) in [5.41, 5.74) is 1.10. The zero-order valence-corrected chi connectivity index (χ0v) is 10.6. The third-order valence-corrected chi connectivity index (χ3v) is 2.85. The van der Waals surface area contributed by atoms with Crippen molar-refractivity contribution in [2.75, 3.05) is 18.5 Å². The van der Waals surface area contributed by atoms with Gasteiger partial charge in [-0.3, -0.25) is 0 Å². The Balaban J connectivity index is 2.76. The van der Waals surface area contributed by atoms with Crippen molar-refractivity contribution in [1.82, 2.24) is 0 Å². The summed E-state index contributed by atoms with van der Waals surface area (Å²) in [4.78, 5) is 1.50. The molecule has 0 heterocycles. The minimum absolute atomic E-state index is 0.117. The molecule has 0 radical (unpaired) electrons. The Hall–Kier alpha value is -1.22. The highest BCUT2D eigenvalue weighted by Crippen LogP contribution is 2.28. The van der Waals surface area contributed by atoms with Crippen LogP contribution in [0.5, 0.6) is 0 Å². The summed E-state index contributed by atoms with van der Waals surface area (Å²) in [6, 6.07) is 6.74. The zero-order valence-electron chi connectivity index (χ0n) is 9.05. The van der Waals surface area contributed by atoms with Crippen LogP contribution < -0.4 is 4.90 Å². The molecule has 0 aliphatic heterocycles. The average molecular weight is 307 g/mol. The quantitative estimate of drug-likeness (QED) is 0.851. The lowest BCUT2D eigenvalue weighted by Crippen LogP contribution is -2.24. The molecule has 0 spiro atoms. The van der Waals surface area contributed by atoms with E-state index in [-0.39, 0.29) is 6.54 Å². The van der Waals surface area contributed by atoms with Crippen molar-refractivity contribution in [3.05, 3.63) is 28.2 Å². The molecule has 0 N–H and O–H groups in total. The van der Waals surface area contributed by atoms with Gasteiger partial charge in [0.25, 0.3) is 0 Å². The number of hydrogen-bond donors (Lipinski definition) is 0. The molecule has 1 rings (SSSR count). The van der Waals surface area contributed by atoms with Gasteiger partial charge in [0.1, 0.15) is 0 Å². The van der Waals surface area contributed by atoms with E-state index in [1.54, 1.807) is 25.2 Å². The number of halogens is 4. The lowest BCUT2D eigenvalue weighted by molar-refractivity contribution is -0.132. The Morgan fingerprint density at radius 1 is 1.41 bits per heavy atom. The number of rotatable bonds is 3. The first-order valence-corrected chi connectivity index (χ1v) is 5.60. The van der Waals surface area contributed by atoms with E-state index in [0.29, 0.717) is 15.7 Å². The highest BCUT2D eigenvalue weighted by Gasteiger charge is 2.27. The first-order valence-electron chi connectivity index (χ1n) is 4.81. The molecule has 0 bridgehead atoms. The molecule has 0 amide bonds. The van der Waals surface area contributed by atoms with Gasteiger partial charge in [-0.1, -0.05) is 0 Å². The molecule has 6 heteroatoms. The molecule has 0 saturated carbocycles. The summed E-state index contributed by atoms with van der Waals surface area (Å²) in [6.07, 6.45) is -5.02. The smallest absolute Gasteiger partial charge is 0.373 e. The summed E-state index contributed by atoms with van der Waals surface area (Å²) < 4.78 is 36.8. The van der Waals surface area contributed by atoms with Crippen molar-refractivity contribution in [2.45, 2.75) is 12.6 Å². The van der Waals surface area contributed by atoms with Gasteiger partial charge >= 0.3 is 6.18 Å². The van der Waals surface area contributed by atoms with Crippen LogP contribution in [0.3, 0.4) is 0 Å². The number of alkyl halides is 3. The predicted octanol–water partition coefficient (Wildman–Crippen LogP) is 3.71. The van der Waals surface area contributed by atoms with Crippen LogP contribution in [-0.2, 0) is 0 Å². The number of anilines is 1. The molecular weight excluding hydrogens is 297 g/mol. The lowest BCUT2D eigenvalue weighted by Gasteiger charge is -2.21. The van der Waals surface area contributed by atoms with Gasteiger partial charge in [-0.25, -0.2) is 0 Å². The second kappa shape index (κ2) is 5.41. The largest absolute Gasteiger partial charge is 0.390 e. The molecule has 0 unspecified atom stereocenters. The van der Waals surface area contributed by atoms with Crippen molar-refractivity contribution in [3.8, 4) is 6.07 Å². The minimum Gasteiger partial charge on any atom is -0.373 e. The second-order valence-electron chi connectivity index (χ2n) is 3.56. The summed E-state index contributed by atoms with van der Waals surface area (Å²) in [5, 5.41) is 8.67. The van der Waals surface area contributed by atoms with Gasteiger partial charge in [-0.05, 0) is 34.1 Å². The fourth-order valence-electron chi connectivity index (χ4n) is 1.30. The Morgan fingerprint density at radius 3 is 2.53 bits per heavy atom. The van der Waals surface area contributed by atoms with Gasteiger partial charge in [-0.15, -0.1) is 0 Å². The first kappa shape index (κ1) is 13.8. The van der Waals surface area contributed by atoms with E-state index in [1.165, 1.54) is 4.90 Å². The van der Waals surface area contributed by atoms with E-state index in [9.17, 15) is 13.2 Å². The van der Waals surface area contributed by atoms with Crippen LogP contribution in [0.2, 0.25) is 0 Å². The number of hydrogen-bond acceptors (Lipinski definition) is 2. The summed E-state index contributed by atoms with van der Waals surface area (Å²) in [5.74, 6) is 0. The molecule has 92 valence electrons. The molecule has 0 aromatic heterocycles. The van der Waals surface area contributed by atoms with Crippen LogP contribution in [-0.4, -0.2) is 19.8 Å². The van der Waals surface area contributed by atoms with Crippen LogP contribution in [0.4, 0.5) is 18.9 Å². The van der Waals surface area contributed by atoms with E-state index >= 15 is 0 Å². The van der Waals surface area contributed by atoms with Gasteiger partial charge in [0, 0.05) is 18.1 Å². The highest BCUT2D eigenvalue weighted by molar-refractivity contribution is 9.10. The van der Waals surface area contributed by atoms with Crippen molar-refractivity contribution >= 4 is 21.6 Å². The van der Waals surface area contributed by atoms with Crippen LogP contribution in [0.25, 0.3) is 0 Å². The molecule has 2 nitrogen and oxygen atoms in total. The van der Waals surface area contributed by atoms with Crippen molar-refractivity contribution in [1.29, 1.82) is 5.26 Å². The maximum absolute atomic E-state index is 12.1. The third kappa shape index (κ3) is 4.27. The van der Waals surface area contributed by atoms with E-state index < -0.39 is 12.6 Å². The van der Waals surface area contributed by atoms with E-state index in [4.69, 9.17) is 5.26 Å². The van der Waals surface area contributed by atoms with Gasteiger partial charge in [0.2, 0.25) is 0 Å². The predicted molar refractivity (Wildman–Crippen MR) is 62.8 cm³/mol. The Labute approximate surface area is 106 Å². The Kier molecular flexibility index (Phi) is 4.40. The monoisotopic (exact) mass is 306 g/mol. The van der Waals surface area contributed by atoms with Gasteiger partial charge in [-0.2, -0.15) is 18.4 Å². The Morgan fingerprint density at radius 2 is 2.06 bits per heavy atom. The molecule has 0 aliphatic rings. The van der Waals surface area contributed by atoms with E-state index in [0.717, 1.165) is 0 Å².